The first-order valence-electron chi connectivity index (χ1n) is 10.2. The lowest BCUT2D eigenvalue weighted by Gasteiger charge is -2.20. The fraction of sp³-hybridized carbons (Fsp3) is 0.273. The fourth-order valence-corrected chi connectivity index (χ4v) is 3.57. The molecule has 0 spiro atoms. The van der Waals surface area contributed by atoms with Crippen LogP contribution in [0.15, 0.2) is 72.1 Å². The van der Waals surface area contributed by atoms with Crippen LogP contribution in [0, 0.1) is 0 Å². The third kappa shape index (κ3) is 5.98. The topological polar surface area (TPSA) is 84.4 Å². The van der Waals surface area contributed by atoms with Gasteiger partial charge < -0.3 is 10.6 Å². The summed E-state index contributed by atoms with van der Waals surface area (Å²) < 4.78 is 3.95. The second kappa shape index (κ2) is 11.8. The van der Waals surface area contributed by atoms with E-state index in [0.717, 1.165) is 42.4 Å². The minimum atomic E-state index is 0. The molecular formula is C22H26ClIN8. The molecule has 32 heavy (non-hydrogen) atoms. The lowest BCUT2D eigenvalue weighted by Crippen LogP contribution is -2.41. The number of nitrogens with zero attached hydrogens (tertiary/aromatic N) is 6. The van der Waals surface area contributed by atoms with Gasteiger partial charge in [-0.15, -0.1) is 34.2 Å². The first-order valence-corrected chi connectivity index (χ1v) is 10.6. The van der Waals surface area contributed by atoms with Crippen LogP contribution >= 0.6 is 35.6 Å². The normalized spacial score (nSPS) is 12.4. The lowest BCUT2D eigenvalue weighted by atomic mass is 10.1. The number of halogens is 2. The fourth-order valence-electron chi connectivity index (χ4n) is 3.44. The van der Waals surface area contributed by atoms with Gasteiger partial charge in [-0.05, 0) is 42.3 Å². The first-order chi connectivity index (χ1) is 15.2. The van der Waals surface area contributed by atoms with Gasteiger partial charge in [-0.1, -0.05) is 29.8 Å². The first kappa shape index (κ1) is 24.0. The van der Waals surface area contributed by atoms with Crippen LogP contribution in [0.25, 0.3) is 5.65 Å². The Kier molecular flexibility index (Phi) is 8.86. The van der Waals surface area contributed by atoms with Crippen LogP contribution < -0.4 is 10.6 Å². The van der Waals surface area contributed by atoms with E-state index in [9.17, 15) is 0 Å². The van der Waals surface area contributed by atoms with E-state index in [0.29, 0.717) is 11.6 Å². The van der Waals surface area contributed by atoms with Crippen molar-refractivity contribution in [2.45, 2.75) is 18.9 Å². The molecule has 3 aromatic heterocycles. The van der Waals surface area contributed by atoms with Gasteiger partial charge in [-0.2, -0.15) is 5.10 Å². The highest BCUT2D eigenvalue weighted by Crippen LogP contribution is 2.19. The van der Waals surface area contributed by atoms with Crippen LogP contribution in [0.1, 0.15) is 23.9 Å². The van der Waals surface area contributed by atoms with Crippen LogP contribution in [-0.2, 0) is 6.42 Å². The van der Waals surface area contributed by atoms with Gasteiger partial charge in [-0.3, -0.25) is 14.1 Å². The van der Waals surface area contributed by atoms with Gasteiger partial charge in [0, 0.05) is 50.2 Å². The summed E-state index contributed by atoms with van der Waals surface area (Å²) in [4.78, 5) is 4.34. The molecule has 1 aromatic carbocycles. The summed E-state index contributed by atoms with van der Waals surface area (Å²) in [6.45, 7) is 1.41. The molecule has 0 amide bonds. The maximum Gasteiger partial charge on any atom is 0.191 e. The number of hydrogen-bond donors (Lipinski definition) is 2. The van der Waals surface area contributed by atoms with Crippen LogP contribution in [0.4, 0.5) is 0 Å². The van der Waals surface area contributed by atoms with Crippen LogP contribution in [0.5, 0.6) is 0 Å². The van der Waals surface area contributed by atoms with Gasteiger partial charge in [0.05, 0.1) is 6.04 Å². The highest BCUT2D eigenvalue weighted by atomic mass is 127. The van der Waals surface area contributed by atoms with E-state index in [1.165, 1.54) is 0 Å². The van der Waals surface area contributed by atoms with Gasteiger partial charge in [0.1, 0.15) is 5.82 Å². The Balaban J connectivity index is 0.00000289. The molecule has 2 N–H and O–H groups in total. The molecule has 0 bridgehead atoms. The minimum absolute atomic E-state index is 0. The van der Waals surface area contributed by atoms with Crippen molar-refractivity contribution in [3.8, 4) is 0 Å². The van der Waals surface area contributed by atoms with Gasteiger partial charge in [-0.25, -0.2) is 0 Å². The SMILES string of the molecule is CN=C(NCCCc1nnc2ccccn12)NCC(c1ccc(Cl)cc1)n1cccn1.I. The average Bonchev–Trinajstić information content (AvgIpc) is 3.47. The molecule has 0 saturated heterocycles. The van der Waals surface area contributed by atoms with Crippen molar-refractivity contribution < 1.29 is 0 Å². The number of nitrogens with one attached hydrogen (secondary N) is 2. The van der Waals surface area contributed by atoms with Gasteiger partial charge in [0.15, 0.2) is 11.6 Å². The van der Waals surface area contributed by atoms with E-state index in [2.05, 4.69) is 30.9 Å². The summed E-state index contributed by atoms with van der Waals surface area (Å²) in [6, 6.07) is 15.7. The lowest BCUT2D eigenvalue weighted by molar-refractivity contribution is 0.510. The standard InChI is InChI=1S/C22H25ClN8.HI/c1-24-22(25-12-4-7-21-29-28-20-6-2-3-14-30(20)21)26-16-19(31-15-5-13-27-31)17-8-10-18(23)11-9-17;/h2-3,5-6,8-11,13-15,19H,4,7,12,16H2,1H3,(H2,24,25,26);1H. The number of hydrogen-bond acceptors (Lipinski definition) is 4. The maximum absolute atomic E-state index is 6.05. The summed E-state index contributed by atoms with van der Waals surface area (Å²) in [7, 11) is 1.77. The van der Waals surface area contributed by atoms with E-state index in [1.807, 2.05) is 70.0 Å². The molecule has 0 saturated carbocycles. The van der Waals surface area contributed by atoms with Crippen molar-refractivity contribution in [3.63, 3.8) is 0 Å². The molecule has 168 valence electrons. The summed E-state index contributed by atoms with van der Waals surface area (Å²) in [5, 5.41) is 20.4. The van der Waals surface area contributed by atoms with E-state index in [4.69, 9.17) is 11.6 Å². The van der Waals surface area contributed by atoms with Gasteiger partial charge in [0.2, 0.25) is 0 Å². The molecule has 0 aliphatic rings. The molecule has 0 aliphatic heterocycles. The number of benzene rings is 1. The molecule has 8 nitrogen and oxygen atoms in total. The molecule has 0 aliphatic carbocycles. The van der Waals surface area contributed by atoms with Crippen LogP contribution in [-0.4, -0.2) is 50.5 Å². The molecule has 4 rings (SSSR count). The van der Waals surface area contributed by atoms with Crippen LogP contribution in [0.3, 0.4) is 0 Å². The second-order valence-corrected chi connectivity index (χ2v) is 7.52. The number of guanidine groups is 1. The second-order valence-electron chi connectivity index (χ2n) is 7.08. The van der Waals surface area contributed by atoms with Crippen molar-refractivity contribution in [2.24, 2.45) is 4.99 Å². The predicted octanol–water partition coefficient (Wildman–Crippen LogP) is 3.58. The summed E-state index contributed by atoms with van der Waals surface area (Å²) in [5.41, 5.74) is 1.99. The van der Waals surface area contributed by atoms with E-state index in [-0.39, 0.29) is 30.0 Å². The number of rotatable bonds is 8. The molecule has 3 heterocycles. The highest BCUT2D eigenvalue weighted by Gasteiger charge is 2.15. The predicted molar refractivity (Wildman–Crippen MR) is 138 cm³/mol. The Labute approximate surface area is 209 Å². The van der Waals surface area contributed by atoms with E-state index < -0.39 is 0 Å². The monoisotopic (exact) mass is 564 g/mol. The Morgan fingerprint density at radius 3 is 2.66 bits per heavy atom. The Morgan fingerprint density at radius 1 is 1.06 bits per heavy atom. The number of fused-ring (bicyclic) bond motifs is 1. The number of aromatic nitrogens is 5. The van der Waals surface area contributed by atoms with Crippen molar-refractivity contribution in [2.75, 3.05) is 20.1 Å². The third-order valence-corrected chi connectivity index (χ3v) is 5.29. The maximum atomic E-state index is 6.05. The average molecular weight is 565 g/mol. The summed E-state index contributed by atoms with van der Waals surface area (Å²) >= 11 is 6.05. The third-order valence-electron chi connectivity index (χ3n) is 5.04. The zero-order chi connectivity index (χ0) is 21.5. The largest absolute Gasteiger partial charge is 0.356 e. The summed E-state index contributed by atoms with van der Waals surface area (Å²) in [5.74, 6) is 1.71. The van der Waals surface area contributed by atoms with Crippen molar-refractivity contribution in [1.82, 2.24) is 35.0 Å². The van der Waals surface area contributed by atoms with Crippen molar-refractivity contribution in [3.05, 3.63) is 83.5 Å². The number of aryl methyl sites for hydroxylation is 1. The molecule has 0 radical (unpaired) electrons. The van der Waals surface area contributed by atoms with E-state index >= 15 is 0 Å². The van der Waals surface area contributed by atoms with E-state index in [1.54, 1.807) is 13.2 Å². The Hall–Kier alpha value is -2.66. The highest BCUT2D eigenvalue weighted by molar-refractivity contribution is 14.0. The van der Waals surface area contributed by atoms with Crippen molar-refractivity contribution in [1.29, 1.82) is 0 Å². The van der Waals surface area contributed by atoms with Crippen molar-refractivity contribution >= 4 is 47.2 Å². The Bertz CT molecular complexity index is 1120. The number of pyridine rings is 1. The summed E-state index contributed by atoms with van der Waals surface area (Å²) in [6.07, 6.45) is 7.47. The molecular weight excluding hydrogens is 539 g/mol. The molecule has 1 unspecified atom stereocenters. The number of aliphatic imine (C=N–C) groups is 1. The smallest absolute Gasteiger partial charge is 0.191 e. The minimum Gasteiger partial charge on any atom is -0.356 e. The molecule has 4 aromatic rings. The molecule has 10 heteroatoms. The molecule has 0 fully saturated rings. The molecule has 1 atom stereocenters. The zero-order valence-electron chi connectivity index (χ0n) is 17.7. The Morgan fingerprint density at radius 2 is 1.91 bits per heavy atom. The van der Waals surface area contributed by atoms with Gasteiger partial charge >= 0.3 is 0 Å². The zero-order valence-corrected chi connectivity index (χ0v) is 20.8. The van der Waals surface area contributed by atoms with Crippen LogP contribution in [0.2, 0.25) is 5.02 Å². The van der Waals surface area contributed by atoms with Gasteiger partial charge in [0.25, 0.3) is 0 Å². The quantitative estimate of drug-likeness (QED) is 0.148.